The second-order valence-electron chi connectivity index (χ2n) is 6.82. The Kier molecular flexibility index (Phi) is 6.03. The molecule has 0 atom stereocenters. The Balaban J connectivity index is 1.88. The smallest absolute Gasteiger partial charge is 0.265 e. The van der Waals surface area contributed by atoms with Crippen LogP contribution in [0.1, 0.15) is 29.3 Å². The van der Waals surface area contributed by atoms with Crippen LogP contribution in [0.25, 0.3) is 0 Å². The number of nitrogens with one attached hydrogen (secondary N) is 2. The predicted molar refractivity (Wildman–Crippen MR) is 111 cm³/mol. The molecule has 2 aromatic rings. The van der Waals surface area contributed by atoms with Crippen LogP contribution in [-0.4, -0.2) is 37.5 Å². The van der Waals surface area contributed by atoms with Gasteiger partial charge in [0.2, 0.25) is 5.91 Å². The average Bonchev–Trinajstić information content (AvgIpc) is 2.68. The Morgan fingerprint density at radius 1 is 1.07 bits per heavy atom. The Morgan fingerprint density at radius 3 is 2.34 bits per heavy atom. The maximum Gasteiger partial charge on any atom is 0.265 e. The van der Waals surface area contributed by atoms with Gasteiger partial charge in [-0.1, -0.05) is 29.8 Å². The third-order valence-electron chi connectivity index (χ3n) is 4.48. The summed E-state index contributed by atoms with van der Waals surface area (Å²) < 4.78 is 27.5. The first kappa shape index (κ1) is 20.6. The molecule has 0 unspecified atom stereocenters. The number of allylic oxidation sites excluding steroid dienone is 1. The summed E-state index contributed by atoms with van der Waals surface area (Å²) in [5, 5.41) is 5.63. The van der Waals surface area contributed by atoms with E-state index in [0.717, 1.165) is 5.56 Å². The number of carbonyl (C=O) groups excluding carboxylic acids is 2. The van der Waals surface area contributed by atoms with Gasteiger partial charge in [0.05, 0.1) is 4.90 Å². The predicted octanol–water partition coefficient (Wildman–Crippen LogP) is 2.66. The van der Waals surface area contributed by atoms with E-state index in [2.05, 4.69) is 10.6 Å². The van der Waals surface area contributed by atoms with Crippen LogP contribution >= 0.6 is 0 Å². The van der Waals surface area contributed by atoms with E-state index in [4.69, 9.17) is 0 Å². The van der Waals surface area contributed by atoms with Crippen molar-refractivity contribution < 1.29 is 18.0 Å². The van der Waals surface area contributed by atoms with E-state index in [1.54, 1.807) is 12.1 Å². The van der Waals surface area contributed by atoms with Gasteiger partial charge in [-0.05, 0) is 37.6 Å². The quantitative estimate of drug-likeness (QED) is 0.580. The number of amides is 1. The van der Waals surface area contributed by atoms with Crippen molar-refractivity contribution in [3.63, 3.8) is 0 Å². The van der Waals surface area contributed by atoms with Crippen LogP contribution in [0.3, 0.4) is 0 Å². The van der Waals surface area contributed by atoms with Crippen molar-refractivity contribution in [2.75, 3.05) is 18.4 Å². The van der Waals surface area contributed by atoms with Gasteiger partial charge in [-0.3, -0.25) is 13.9 Å². The Bertz CT molecular complexity index is 1040. The summed E-state index contributed by atoms with van der Waals surface area (Å²) in [6.07, 6.45) is 1.95. The van der Waals surface area contributed by atoms with Crippen molar-refractivity contribution in [1.82, 2.24) is 9.62 Å². The Labute approximate surface area is 170 Å². The van der Waals surface area contributed by atoms with Crippen LogP contribution in [0.2, 0.25) is 0 Å². The van der Waals surface area contributed by atoms with Crippen molar-refractivity contribution >= 4 is 27.4 Å². The van der Waals surface area contributed by atoms with Crippen molar-refractivity contribution in [2.45, 2.75) is 25.2 Å². The molecule has 0 saturated carbocycles. The summed E-state index contributed by atoms with van der Waals surface area (Å²) in [5.41, 5.74) is 2.04. The molecule has 1 aliphatic rings. The van der Waals surface area contributed by atoms with E-state index in [1.165, 1.54) is 41.6 Å². The zero-order valence-electron chi connectivity index (χ0n) is 16.3. The van der Waals surface area contributed by atoms with Crippen molar-refractivity contribution in [2.24, 2.45) is 0 Å². The molecule has 3 rings (SSSR count). The van der Waals surface area contributed by atoms with Gasteiger partial charge in [-0.2, -0.15) is 0 Å². The van der Waals surface area contributed by atoms with Gasteiger partial charge in [0.25, 0.3) is 10.0 Å². The van der Waals surface area contributed by atoms with Gasteiger partial charge < -0.3 is 10.6 Å². The number of benzene rings is 2. The Hall–Kier alpha value is -3.13. The van der Waals surface area contributed by atoms with Gasteiger partial charge in [0.1, 0.15) is 5.82 Å². The van der Waals surface area contributed by atoms with Crippen LogP contribution in [0.5, 0.6) is 0 Å². The molecule has 1 saturated heterocycles. The molecule has 1 amide bonds. The monoisotopic (exact) mass is 413 g/mol. The van der Waals surface area contributed by atoms with Crippen LogP contribution in [0.4, 0.5) is 5.69 Å². The van der Waals surface area contributed by atoms with E-state index in [0.29, 0.717) is 24.2 Å². The molecule has 8 heteroatoms. The van der Waals surface area contributed by atoms with Crippen LogP contribution in [0, 0.1) is 6.92 Å². The number of rotatable bonds is 5. The van der Waals surface area contributed by atoms with E-state index in [9.17, 15) is 18.0 Å². The zero-order chi connectivity index (χ0) is 21.0. The maximum absolute atomic E-state index is 13.1. The summed E-state index contributed by atoms with van der Waals surface area (Å²) in [6.45, 7) is 4.17. The summed E-state index contributed by atoms with van der Waals surface area (Å²) in [7, 11) is -3.85. The molecule has 0 spiro atoms. The van der Waals surface area contributed by atoms with Crippen molar-refractivity contribution in [3.8, 4) is 0 Å². The lowest BCUT2D eigenvalue weighted by molar-refractivity contribution is -0.114. The van der Waals surface area contributed by atoms with Crippen LogP contribution in [-0.2, 0) is 14.8 Å². The third kappa shape index (κ3) is 4.83. The van der Waals surface area contributed by atoms with E-state index < -0.39 is 10.0 Å². The van der Waals surface area contributed by atoms with E-state index in [-0.39, 0.29) is 29.0 Å². The lowest BCUT2D eigenvalue weighted by atomic mass is 10.1. The zero-order valence-corrected chi connectivity index (χ0v) is 17.1. The maximum atomic E-state index is 13.1. The number of anilines is 1. The number of nitrogens with zero attached hydrogens (tertiary/aromatic N) is 1. The highest BCUT2D eigenvalue weighted by atomic mass is 32.2. The SMILES string of the molecule is CC(=O)Nc1ccc(S(=O)(=O)N2CCCN/C2=C\C(=O)c2ccc(C)cc2)cc1. The largest absolute Gasteiger partial charge is 0.371 e. The molecule has 29 heavy (non-hydrogen) atoms. The Morgan fingerprint density at radius 2 is 1.72 bits per heavy atom. The molecule has 7 nitrogen and oxygen atoms in total. The number of hydrogen-bond donors (Lipinski definition) is 2. The molecule has 0 bridgehead atoms. The second-order valence-corrected chi connectivity index (χ2v) is 8.69. The number of carbonyl (C=O) groups is 2. The molecule has 1 aliphatic heterocycles. The lowest BCUT2D eigenvalue weighted by Crippen LogP contribution is -2.43. The summed E-state index contributed by atoms with van der Waals surface area (Å²) in [6, 6.07) is 13.1. The van der Waals surface area contributed by atoms with E-state index in [1.807, 2.05) is 19.1 Å². The minimum absolute atomic E-state index is 0.0870. The van der Waals surface area contributed by atoms with Crippen LogP contribution < -0.4 is 10.6 Å². The number of sulfonamides is 1. The van der Waals surface area contributed by atoms with Gasteiger partial charge in [-0.15, -0.1) is 0 Å². The minimum Gasteiger partial charge on any atom is -0.371 e. The molecular formula is C21H23N3O4S. The fourth-order valence-corrected chi connectivity index (χ4v) is 4.47. The van der Waals surface area contributed by atoms with Gasteiger partial charge in [-0.25, -0.2) is 8.42 Å². The summed E-state index contributed by atoms with van der Waals surface area (Å²) >= 11 is 0. The third-order valence-corrected chi connectivity index (χ3v) is 6.31. The van der Waals surface area contributed by atoms with E-state index >= 15 is 0 Å². The fourth-order valence-electron chi connectivity index (χ4n) is 2.99. The first-order chi connectivity index (χ1) is 13.8. The normalized spacial score (nSPS) is 15.7. The molecule has 0 radical (unpaired) electrons. The topological polar surface area (TPSA) is 95.6 Å². The standard InChI is InChI=1S/C21H23N3O4S/c1-15-4-6-17(7-5-15)20(26)14-21-22-12-3-13-24(21)29(27,28)19-10-8-18(9-11-19)23-16(2)25/h4-11,14,22H,3,12-13H2,1-2H3,(H,23,25)/b21-14+. The molecule has 1 heterocycles. The molecule has 0 aromatic heterocycles. The first-order valence-electron chi connectivity index (χ1n) is 9.24. The molecular weight excluding hydrogens is 390 g/mol. The van der Waals surface area contributed by atoms with Gasteiger partial charge in [0.15, 0.2) is 5.78 Å². The average molecular weight is 413 g/mol. The highest BCUT2D eigenvalue weighted by molar-refractivity contribution is 7.89. The highest BCUT2D eigenvalue weighted by Crippen LogP contribution is 2.23. The molecule has 1 fully saturated rings. The molecule has 152 valence electrons. The van der Waals surface area contributed by atoms with Gasteiger partial charge >= 0.3 is 0 Å². The van der Waals surface area contributed by atoms with Crippen LogP contribution in [0.15, 0.2) is 65.3 Å². The molecule has 2 N–H and O–H groups in total. The number of hydrogen-bond acceptors (Lipinski definition) is 5. The minimum atomic E-state index is -3.85. The number of aryl methyl sites for hydroxylation is 1. The fraction of sp³-hybridized carbons (Fsp3) is 0.238. The first-order valence-corrected chi connectivity index (χ1v) is 10.7. The second kappa shape index (κ2) is 8.48. The van der Waals surface area contributed by atoms with Gasteiger partial charge in [0, 0.05) is 37.3 Å². The summed E-state index contributed by atoms with van der Waals surface area (Å²) in [4.78, 5) is 23.8. The van der Waals surface area contributed by atoms with Crippen molar-refractivity contribution in [1.29, 1.82) is 0 Å². The lowest BCUT2D eigenvalue weighted by Gasteiger charge is -2.31. The molecule has 2 aromatic carbocycles. The number of ketones is 1. The summed E-state index contributed by atoms with van der Waals surface area (Å²) in [5.74, 6) is -0.246. The highest BCUT2D eigenvalue weighted by Gasteiger charge is 2.29. The molecule has 0 aliphatic carbocycles. The van der Waals surface area contributed by atoms with Crippen molar-refractivity contribution in [3.05, 3.63) is 71.6 Å².